The molecule has 0 radical (unpaired) electrons. The van der Waals surface area contributed by atoms with Gasteiger partial charge in [0.1, 0.15) is 5.75 Å². The highest BCUT2D eigenvalue weighted by Gasteiger charge is 2.16. The normalized spacial score (nSPS) is 10.3. The number of nitrogens with one attached hydrogen (secondary N) is 1. The first kappa shape index (κ1) is 20.6. The topological polar surface area (TPSA) is 58.6 Å². The first-order valence-corrected chi connectivity index (χ1v) is 9.81. The lowest BCUT2D eigenvalue weighted by Crippen LogP contribution is -2.26. The number of anilines is 1. The van der Waals surface area contributed by atoms with Gasteiger partial charge in [0.2, 0.25) is 0 Å². The summed E-state index contributed by atoms with van der Waals surface area (Å²) in [5, 5.41) is 2.83. The highest BCUT2D eigenvalue weighted by molar-refractivity contribution is 9.10. The summed E-state index contributed by atoms with van der Waals surface area (Å²) in [4.78, 5) is 27.1. The Hall–Kier alpha value is -3.12. The van der Waals surface area contributed by atoms with Crippen LogP contribution in [0.5, 0.6) is 5.75 Å². The fourth-order valence-electron chi connectivity index (χ4n) is 2.94. The Bertz CT molecular complexity index is 1020. The number of nitrogens with zero attached hydrogens (tertiary/aromatic N) is 1. The van der Waals surface area contributed by atoms with Crippen molar-refractivity contribution in [1.29, 1.82) is 0 Å². The molecule has 0 unspecified atom stereocenters. The van der Waals surface area contributed by atoms with Gasteiger partial charge < -0.3 is 15.0 Å². The minimum absolute atomic E-state index is 0.120. The van der Waals surface area contributed by atoms with Crippen LogP contribution in [0.3, 0.4) is 0 Å². The van der Waals surface area contributed by atoms with Crippen LogP contribution in [0.25, 0.3) is 0 Å². The van der Waals surface area contributed by atoms with Gasteiger partial charge in [0.15, 0.2) is 0 Å². The SMILES string of the molecule is COc1ccc(Br)cc1C(=O)Nc1cccc(C(=O)N(C)Cc2ccccc2)c1. The number of ether oxygens (including phenoxy) is 1. The van der Waals surface area contributed by atoms with Crippen LogP contribution in [0.2, 0.25) is 0 Å². The first-order chi connectivity index (χ1) is 14.0. The van der Waals surface area contributed by atoms with E-state index < -0.39 is 0 Å². The summed E-state index contributed by atoms with van der Waals surface area (Å²) in [6, 6.07) is 21.9. The maximum absolute atomic E-state index is 12.8. The minimum Gasteiger partial charge on any atom is -0.496 e. The molecule has 3 rings (SSSR count). The molecule has 0 aliphatic rings. The molecule has 0 aliphatic heterocycles. The van der Waals surface area contributed by atoms with Gasteiger partial charge in [-0.2, -0.15) is 0 Å². The number of carbonyl (C=O) groups excluding carboxylic acids is 2. The summed E-state index contributed by atoms with van der Waals surface area (Å²) < 4.78 is 6.04. The Morgan fingerprint density at radius 1 is 1.00 bits per heavy atom. The molecular formula is C23H21BrN2O3. The van der Waals surface area contributed by atoms with Crippen LogP contribution >= 0.6 is 15.9 Å². The zero-order valence-electron chi connectivity index (χ0n) is 16.2. The first-order valence-electron chi connectivity index (χ1n) is 9.02. The van der Waals surface area contributed by atoms with E-state index in [2.05, 4.69) is 21.2 Å². The van der Waals surface area contributed by atoms with Gasteiger partial charge in [-0.15, -0.1) is 0 Å². The molecular weight excluding hydrogens is 432 g/mol. The van der Waals surface area contributed by atoms with Crippen molar-refractivity contribution in [2.75, 3.05) is 19.5 Å². The molecule has 0 aliphatic carbocycles. The predicted octanol–water partition coefficient (Wildman–Crippen LogP) is 4.98. The van der Waals surface area contributed by atoms with Crippen molar-refractivity contribution in [3.05, 3.63) is 94.0 Å². The number of amides is 2. The van der Waals surface area contributed by atoms with Crippen molar-refractivity contribution in [2.24, 2.45) is 0 Å². The fraction of sp³-hybridized carbons (Fsp3) is 0.130. The third-order valence-corrected chi connectivity index (χ3v) is 4.88. The standard InChI is InChI=1S/C23H21BrN2O3/c1-26(15-16-7-4-3-5-8-16)23(28)17-9-6-10-19(13-17)25-22(27)20-14-18(24)11-12-21(20)29-2/h3-14H,15H2,1-2H3,(H,25,27). The number of hydrogen-bond acceptors (Lipinski definition) is 3. The number of hydrogen-bond donors (Lipinski definition) is 1. The highest BCUT2D eigenvalue weighted by Crippen LogP contribution is 2.24. The second-order valence-electron chi connectivity index (χ2n) is 6.53. The number of benzene rings is 3. The average molecular weight is 453 g/mol. The number of methoxy groups -OCH3 is 1. The van der Waals surface area contributed by atoms with Gasteiger partial charge in [0.25, 0.3) is 11.8 Å². The van der Waals surface area contributed by atoms with Crippen LogP contribution in [0, 0.1) is 0 Å². The lowest BCUT2D eigenvalue weighted by atomic mass is 10.1. The van der Waals surface area contributed by atoms with Crippen molar-refractivity contribution in [3.8, 4) is 5.75 Å². The van der Waals surface area contributed by atoms with Crippen molar-refractivity contribution >= 4 is 33.4 Å². The van der Waals surface area contributed by atoms with Crippen molar-refractivity contribution in [1.82, 2.24) is 4.90 Å². The minimum atomic E-state index is -0.314. The van der Waals surface area contributed by atoms with Gasteiger partial charge >= 0.3 is 0 Å². The fourth-order valence-corrected chi connectivity index (χ4v) is 3.30. The highest BCUT2D eigenvalue weighted by atomic mass is 79.9. The van der Waals surface area contributed by atoms with Crippen LogP contribution in [0.15, 0.2) is 77.3 Å². The Balaban J connectivity index is 1.75. The number of carbonyl (C=O) groups is 2. The molecule has 3 aromatic carbocycles. The Kier molecular flexibility index (Phi) is 6.67. The molecule has 0 saturated heterocycles. The Morgan fingerprint density at radius 3 is 2.48 bits per heavy atom. The third kappa shape index (κ3) is 5.23. The van der Waals surface area contributed by atoms with Gasteiger partial charge in [0.05, 0.1) is 12.7 Å². The molecule has 6 heteroatoms. The number of halogens is 1. The summed E-state index contributed by atoms with van der Waals surface area (Å²) in [5.74, 6) is 0.0379. The van der Waals surface area contributed by atoms with Crippen LogP contribution < -0.4 is 10.1 Å². The van der Waals surface area contributed by atoms with Gasteiger partial charge in [-0.3, -0.25) is 9.59 Å². The van der Waals surface area contributed by atoms with Gasteiger partial charge in [-0.05, 0) is 42.0 Å². The maximum Gasteiger partial charge on any atom is 0.259 e. The molecule has 0 bridgehead atoms. The molecule has 5 nitrogen and oxygen atoms in total. The zero-order valence-corrected chi connectivity index (χ0v) is 17.8. The van der Waals surface area contributed by atoms with Crippen LogP contribution in [-0.4, -0.2) is 30.9 Å². The molecule has 3 aromatic rings. The lowest BCUT2D eigenvalue weighted by molar-refractivity contribution is 0.0784. The Labute approximate surface area is 178 Å². The molecule has 2 amide bonds. The second kappa shape index (κ2) is 9.39. The van der Waals surface area contributed by atoms with E-state index in [1.165, 1.54) is 7.11 Å². The van der Waals surface area contributed by atoms with E-state index in [1.54, 1.807) is 54.4 Å². The molecule has 0 atom stereocenters. The molecule has 29 heavy (non-hydrogen) atoms. The van der Waals surface area contributed by atoms with E-state index in [4.69, 9.17) is 4.74 Å². The van der Waals surface area contributed by atoms with Crippen LogP contribution in [0.4, 0.5) is 5.69 Å². The summed E-state index contributed by atoms with van der Waals surface area (Å²) in [6.45, 7) is 0.505. The molecule has 0 saturated carbocycles. The maximum atomic E-state index is 12.8. The van der Waals surface area contributed by atoms with Crippen molar-refractivity contribution in [3.63, 3.8) is 0 Å². The van der Waals surface area contributed by atoms with Crippen molar-refractivity contribution in [2.45, 2.75) is 6.54 Å². The molecule has 0 fully saturated rings. The van der Waals surface area contributed by atoms with E-state index in [9.17, 15) is 9.59 Å². The average Bonchev–Trinajstić information content (AvgIpc) is 2.74. The quantitative estimate of drug-likeness (QED) is 0.573. The predicted molar refractivity (Wildman–Crippen MR) is 117 cm³/mol. The summed E-state index contributed by atoms with van der Waals surface area (Å²) in [6.07, 6.45) is 0. The van der Waals surface area contributed by atoms with E-state index >= 15 is 0 Å². The molecule has 0 heterocycles. The smallest absolute Gasteiger partial charge is 0.259 e. The van der Waals surface area contributed by atoms with Gasteiger partial charge in [-0.1, -0.05) is 52.3 Å². The second-order valence-corrected chi connectivity index (χ2v) is 7.44. The van der Waals surface area contributed by atoms with E-state index in [-0.39, 0.29) is 11.8 Å². The molecule has 0 spiro atoms. The third-order valence-electron chi connectivity index (χ3n) is 4.38. The Morgan fingerprint density at radius 2 is 1.76 bits per heavy atom. The molecule has 0 aromatic heterocycles. The van der Waals surface area contributed by atoms with E-state index in [0.717, 1.165) is 10.0 Å². The van der Waals surface area contributed by atoms with Crippen LogP contribution in [0.1, 0.15) is 26.3 Å². The summed E-state index contributed by atoms with van der Waals surface area (Å²) in [5.41, 5.74) is 2.49. The zero-order chi connectivity index (χ0) is 20.8. The van der Waals surface area contributed by atoms with Crippen molar-refractivity contribution < 1.29 is 14.3 Å². The largest absolute Gasteiger partial charge is 0.496 e. The van der Waals surface area contributed by atoms with Gasteiger partial charge in [-0.25, -0.2) is 0 Å². The number of rotatable bonds is 6. The molecule has 1 N–H and O–H groups in total. The van der Waals surface area contributed by atoms with Crippen LogP contribution in [-0.2, 0) is 6.54 Å². The lowest BCUT2D eigenvalue weighted by Gasteiger charge is -2.18. The van der Waals surface area contributed by atoms with E-state index in [0.29, 0.717) is 29.1 Å². The van der Waals surface area contributed by atoms with E-state index in [1.807, 2.05) is 30.3 Å². The summed E-state index contributed by atoms with van der Waals surface area (Å²) in [7, 11) is 3.27. The monoisotopic (exact) mass is 452 g/mol. The van der Waals surface area contributed by atoms with Gasteiger partial charge in [0, 0.05) is 29.3 Å². The molecule has 148 valence electrons. The summed E-state index contributed by atoms with van der Waals surface area (Å²) >= 11 is 3.37.